The van der Waals surface area contributed by atoms with E-state index in [4.69, 9.17) is 0 Å². The van der Waals surface area contributed by atoms with E-state index in [1.165, 1.54) is 12.1 Å². The van der Waals surface area contributed by atoms with Crippen molar-refractivity contribution in [2.45, 2.75) is 0 Å². The molecule has 2 aromatic carbocycles. The fourth-order valence-electron chi connectivity index (χ4n) is 1.81. The van der Waals surface area contributed by atoms with E-state index in [0.29, 0.717) is 6.08 Å². The molecule has 0 aliphatic carbocycles. The molecule has 0 saturated carbocycles. The molecule has 2 aromatic rings. The lowest BCUT2D eigenvalue weighted by atomic mass is 10.1. The van der Waals surface area contributed by atoms with Gasteiger partial charge in [0.1, 0.15) is 0 Å². The van der Waals surface area contributed by atoms with Gasteiger partial charge in [0, 0.05) is 5.56 Å². The molecule has 0 N–H and O–H groups in total. The number of hydrogen-bond donors (Lipinski definition) is 0. The molecule has 2 nitrogen and oxygen atoms in total. The Kier molecular flexibility index (Phi) is 4.60. The molecule has 0 saturated heterocycles. The molecule has 6 heteroatoms. The van der Waals surface area contributed by atoms with Gasteiger partial charge in [-0.3, -0.25) is 4.79 Å². The highest BCUT2D eigenvalue weighted by molar-refractivity contribution is 6.06. The standard InChI is InChI=1S/C16H10F4O2/c1-22-16-14(19)12(17)10(13(18)15(16)20)7-8-11(21)9-5-3-2-4-6-9/h2-8H,1H3/b8-7+. The molecule has 0 aliphatic rings. The van der Waals surface area contributed by atoms with Crippen LogP contribution in [0, 0.1) is 23.3 Å². The molecule has 0 aromatic heterocycles. The van der Waals surface area contributed by atoms with Gasteiger partial charge in [-0.2, -0.15) is 8.78 Å². The first-order valence-corrected chi connectivity index (χ1v) is 6.14. The molecule has 0 unspecified atom stereocenters. The van der Waals surface area contributed by atoms with Gasteiger partial charge in [-0.1, -0.05) is 30.3 Å². The molecular formula is C16H10F4O2. The highest BCUT2D eigenvalue weighted by Crippen LogP contribution is 2.30. The van der Waals surface area contributed by atoms with Gasteiger partial charge >= 0.3 is 0 Å². The van der Waals surface area contributed by atoms with Crippen molar-refractivity contribution < 1.29 is 27.1 Å². The van der Waals surface area contributed by atoms with Crippen LogP contribution in [0.15, 0.2) is 36.4 Å². The van der Waals surface area contributed by atoms with Crippen LogP contribution in [0.1, 0.15) is 15.9 Å². The Morgan fingerprint density at radius 2 is 1.50 bits per heavy atom. The minimum atomic E-state index is -1.66. The Morgan fingerprint density at radius 1 is 0.955 bits per heavy atom. The second-order valence-electron chi connectivity index (χ2n) is 4.27. The van der Waals surface area contributed by atoms with E-state index in [1.54, 1.807) is 18.2 Å². The van der Waals surface area contributed by atoms with Crippen molar-refractivity contribution in [1.29, 1.82) is 0 Å². The number of carbonyl (C=O) groups excluding carboxylic acids is 1. The van der Waals surface area contributed by atoms with Crippen LogP contribution in [0.3, 0.4) is 0 Å². The molecule has 0 bridgehead atoms. The quantitative estimate of drug-likeness (QED) is 0.367. The minimum Gasteiger partial charge on any atom is -0.491 e. The van der Waals surface area contributed by atoms with E-state index in [2.05, 4.69) is 4.74 Å². The summed E-state index contributed by atoms with van der Waals surface area (Å²) in [6.45, 7) is 0. The van der Waals surface area contributed by atoms with E-state index in [0.717, 1.165) is 13.2 Å². The zero-order valence-electron chi connectivity index (χ0n) is 11.4. The van der Waals surface area contributed by atoms with Crippen LogP contribution >= 0.6 is 0 Å². The number of ketones is 1. The zero-order valence-corrected chi connectivity index (χ0v) is 11.4. The molecular weight excluding hydrogens is 300 g/mol. The number of ether oxygens (including phenoxy) is 1. The van der Waals surface area contributed by atoms with Crippen LogP contribution < -0.4 is 4.74 Å². The van der Waals surface area contributed by atoms with Gasteiger partial charge in [0.15, 0.2) is 23.2 Å². The number of hydrogen-bond acceptors (Lipinski definition) is 2. The van der Waals surface area contributed by atoms with E-state index in [1.807, 2.05) is 0 Å². The summed E-state index contributed by atoms with van der Waals surface area (Å²) in [5, 5.41) is 0. The highest BCUT2D eigenvalue weighted by Gasteiger charge is 2.24. The smallest absolute Gasteiger partial charge is 0.204 e. The first-order chi connectivity index (χ1) is 10.5. The average molecular weight is 310 g/mol. The summed E-state index contributed by atoms with van der Waals surface area (Å²) in [5.41, 5.74) is -0.714. The number of allylic oxidation sites excluding steroid dienone is 1. The summed E-state index contributed by atoms with van der Waals surface area (Å²) < 4.78 is 58.8. The maximum atomic E-state index is 13.7. The zero-order chi connectivity index (χ0) is 16.3. The van der Waals surface area contributed by atoms with Crippen molar-refractivity contribution in [3.8, 4) is 5.75 Å². The van der Waals surface area contributed by atoms with Crippen LogP contribution in [0.5, 0.6) is 5.75 Å². The third kappa shape index (κ3) is 2.86. The summed E-state index contributed by atoms with van der Waals surface area (Å²) in [6, 6.07) is 7.89. The van der Waals surface area contributed by atoms with Crippen molar-refractivity contribution in [2.75, 3.05) is 7.11 Å². The first-order valence-electron chi connectivity index (χ1n) is 6.14. The summed E-state index contributed by atoms with van der Waals surface area (Å²) in [5.74, 6) is -8.29. The maximum Gasteiger partial charge on any atom is 0.204 e. The molecule has 0 radical (unpaired) electrons. The Bertz CT molecular complexity index is 711. The molecule has 0 spiro atoms. The number of carbonyl (C=O) groups is 1. The second-order valence-corrected chi connectivity index (χ2v) is 4.27. The number of halogens is 4. The first kappa shape index (κ1) is 15.8. The van der Waals surface area contributed by atoms with Gasteiger partial charge in [0.25, 0.3) is 0 Å². The molecule has 0 heterocycles. The van der Waals surface area contributed by atoms with Gasteiger partial charge in [-0.25, -0.2) is 8.78 Å². The lowest BCUT2D eigenvalue weighted by Gasteiger charge is -2.08. The van der Waals surface area contributed by atoms with Crippen molar-refractivity contribution in [3.63, 3.8) is 0 Å². The predicted octanol–water partition coefficient (Wildman–Crippen LogP) is 4.15. The summed E-state index contributed by atoms with van der Waals surface area (Å²) >= 11 is 0. The Balaban J connectivity index is 2.42. The van der Waals surface area contributed by atoms with Gasteiger partial charge in [0.2, 0.25) is 11.6 Å². The largest absolute Gasteiger partial charge is 0.491 e. The Hall–Kier alpha value is -2.63. The number of methoxy groups -OCH3 is 1. The van der Waals surface area contributed by atoms with Crippen molar-refractivity contribution in [3.05, 3.63) is 70.8 Å². The van der Waals surface area contributed by atoms with Crippen LogP contribution in [0.4, 0.5) is 17.6 Å². The third-order valence-electron chi connectivity index (χ3n) is 2.92. The van der Waals surface area contributed by atoms with Crippen LogP contribution in [0.2, 0.25) is 0 Å². The molecule has 0 fully saturated rings. The van der Waals surface area contributed by atoms with E-state index >= 15 is 0 Å². The third-order valence-corrected chi connectivity index (χ3v) is 2.92. The van der Waals surface area contributed by atoms with Gasteiger partial charge in [0.05, 0.1) is 12.7 Å². The normalized spacial score (nSPS) is 11.0. The van der Waals surface area contributed by atoms with Gasteiger partial charge in [-0.15, -0.1) is 0 Å². The highest BCUT2D eigenvalue weighted by atomic mass is 19.2. The number of rotatable bonds is 4. The summed E-state index contributed by atoms with van der Waals surface area (Å²) in [7, 11) is 0.884. The Morgan fingerprint density at radius 3 is 2.00 bits per heavy atom. The monoisotopic (exact) mass is 310 g/mol. The lowest BCUT2D eigenvalue weighted by molar-refractivity contribution is 0.104. The van der Waals surface area contributed by atoms with Crippen LogP contribution in [-0.4, -0.2) is 12.9 Å². The fraction of sp³-hybridized carbons (Fsp3) is 0.0625. The maximum absolute atomic E-state index is 13.7. The fourth-order valence-corrected chi connectivity index (χ4v) is 1.81. The van der Waals surface area contributed by atoms with Crippen LogP contribution in [-0.2, 0) is 0 Å². The molecule has 114 valence electrons. The van der Waals surface area contributed by atoms with Crippen molar-refractivity contribution in [2.24, 2.45) is 0 Å². The minimum absolute atomic E-state index is 0.272. The van der Waals surface area contributed by atoms with E-state index in [-0.39, 0.29) is 5.56 Å². The lowest BCUT2D eigenvalue weighted by Crippen LogP contribution is -2.04. The number of benzene rings is 2. The Labute approximate surface area is 123 Å². The predicted molar refractivity (Wildman–Crippen MR) is 72.6 cm³/mol. The van der Waals surface area contributed by atoms with Crippen molar-refractivity contribution in [1.82, 2.24) is 0 Å². The van der Waals surface area contributed by atoms with Crippen molar-refractivity contribution >= 4 is 11.9 Å². The summed E-state index contributed by atoms with van der Waals surface area (Å²) in [6.07, 6.45) is 1.52. The van der Waals surface area contributed by atoms with Gasteiger partial charge < -0.3 is 4.74 Å². The van der Waals surface area contributed by atoms with E-state index in [9.17, 15) is 22.4 Å². The van der Waals surface area contributed by atoms with Crippen LogP contribution in [0.25, 0.3) is 6.08 Å². The van der Waals surface area contributed by atoms with E-state index < -0.39 is 40.4 Å². The molecule has 0 amide bonds. The molecule has 22 heavy (non-hydrogen) atoms. The molecule has 0 aliphatic heterocycles. The topological polar surface area (TPSA) is 26.3 Å². The second kappa shape index (κ2) is 6.43. The SMILES string of the molecule is COc1c(F)c(F)c(/C=C/C(=O)c2ccccc2)c(F)c1F. The molecule has 0 atom stereocenters. The van der Waals surface area contributed by atoms with Gasteiger partial charge in [-0.05, 0) is 12.2 Å². The molecule has 2 rings (SSSR count). The average Bonchev–Trinajstić information content (AvgIpc) is 2.54. The summed E-state index contributed by atoms with van der Waals surface area (Å²) in [4.78, 5) is 11.8.